The Morgan fingerprint density at radius 3 is 2.59 bits per heavy atom. The molecule has 1 rings (SSSR count). The number of halogens is 1. The van der Waals surface area contributed by atoms with Crippen LogP contribution >= 0.6 is 11.6 Å². The third kappa shape index (κ3) is 3.60. The third-order valence-corrected chi connectivity index (χ3v) is 3.51. The van der Waals surface area contributed by atoms with E-state index < -0.39 is 0 Å². The topological polar surface area (TPSA) is 44.5 Å². The van der Waals surface area contributed by atoms with Crippen LogP contribution in [0.4, 0.5) is 0 Å². The molecule has 0 aliphatic heterocycles. The molecule has 17 heavy (non-hydrogen) atoms. The summed E-state index contributed by atoms with van der Waals surface area (Å²) < 4.78 is 5.40. The quantitative estimate of drug-likeness (QED) is 0.629. The third-order valence-electron chi connectivity index (χ3n) is 2.93. The van der Waals surface area contributed by atoms with Crippen LogP contribution in [0.5, 0.6) is 5.75 Å². The van der Waals surface area contributed by atoms with Crippen molar-refractivity contribution >= 4 is 11.6 Å². The fourth-order valence-electron chi connectivity index (χ4n) is 1.94. The van der Waals surface area contributed by atoms with E-state index in [0.29, 0.717) is 6.61 Å². The van der Waals surface area contributed by atoms with Crippen LogP contribution in [0.25, 0.3) is 0 Å². The lowest BCUT2D eigenvalue weighted by atomic mass is 9.99. The van der Waals surface area contributed by atoms with E-state index in [0.717, 1.165) is 41.2 Å². The number of benzene rings is 1. The van der Waals surface area contributed by atoms with Crippen molar-refractivity contribution in [1.29, 1.82) is 0 Å². The van der Waals surface area contributed by atoms with Crippen molar-refractivity contribution in [2.45, 2.75) is 33.1 Å². The standard InChI is InChI=1S/C13H20ClNO2/c1-9-8-12(16-3)11(10(2)13(9)14)6-4-5-7-17-15/h8H,4-7,15H2,1-3H3. The minimum Gasteiger partial charge on any atom is -0.496 e. The highest BCUT2D eigenvalue weighted by molar-refractivity contribution is 6.32. The van der Waals surface area contributed by atoms with Crippen molar-refractivity contribution in [3.05, 3.63) is 27.8 Å². The van der Waals surface area contributed by atoms with Crippen molar-refractivity contribution in [2.24, 2.45) is 5.90 Å². The monoisotopic (exact) mass is 257 g/mol. The van der Waals surface area contributed by atoms with Gasteiger partial charge in [0.1, 0.15) is 5.75 Å². The van der Waals surface area contributed by atoms with Gasteiger partial charge in [0.15, 0.2) is 0 Å². The van der Waals surface area contributed by atoms with Crippen LogP contribution in [0, 0.1) is 13.8 Å². The number of aryl methyl sites for hydroxylation is 1. The van der Waals surface area contributed by atoms with Crippen LogP contribution < -0.4 is 10.6 Å². The average Bonchev–Trinajstić information content (AvgIpc) is 2.33. The van der Waals surface area contributed by atoms with Gasteiger partial charge < -0.3 is 9.57 Å². The first kappa shape index (κ1) is 14.3. The lowest BCUT2D eigenvalue weighted by molar-refractivity contribution is 0.134. The van der Waals surface area contributed by atoms with Crippen molar-refractivity contribution in [1.82, 2.24) is 0 Å². The number of nitrogens with two attached hydrogens (primary N) is 1. The second-order valence-corrected chi connectivity index (χ2v) is 4.52. The normalized spacial score (nSPS) is 10.6. The fourth-order valence-corrected chi connectivity index (χ4v) is 2.11. The van der Waals surface area contributed by atoms with Gasteiger partial charge in [0.2, 0.25) is 0 Å². The van der Waals surface area contributed by atoms with Crippen molar-refractivity contribution in [3.8, 4) is 5.75 Å². The van der Waals surface area contributed by atoms with Gasteiger partial charge in [0.25, 0.3) is 0 Å². The summed E-state index contributed by atoms with van der Waals surface area (Å²) in [5, 5.41) is 0.830. The van der Waals surface area contributed by atoms with E-state index in [1.807, 2.05) is 19.9 Å². The number of rotatable bonds is 6. The molecule has 0 aliphatic carbocycles. The first-order valence-corrected chi connectivity index (χ1v) is 6.13. The maximum Gasteiger partial charge on any atom is 0.122 e. The minimum absolute atomic E-state index is 0.584. The van der Waals surface area contributed by atoms with Crippen LogP contribution in [0.3, 0.4) is 0 Å². The Kier molecular flexibility index (Phi) is 5.75. The number of hydrogen-bond donors (Lipinski definition) is 1. The molecule has 0 bridgehead atoms. The molecule has 0 saturated heterocycles. The number of unbranched alkanes of at least 4 members (excludes halogenated alkanes) is 1. The predicted octanol–water partition coefficient (Wildman–Crippen LogP) is 3.18. The second kappa shape index (κ2) is 6.84. The number of methoxy groups -OCH3 is 1. The summed E-state index contributed by atoms with van der Waals surface area (Å²) in [4.78, 5) is 4.55. The summed E-state index contributed by atoms with van der Waals surface area (Å²) in [7, 11) is 1.69. The molecule has 4 heteroatoms. The van der Waals surface area contributed by atoms with Crippen LogP contribution in [0.2, 0.25) is 5.02 Å². The molecule has 0 fully saturated rings. The van der Waals surface area contributed by atoms with Crippen molar-refractivity contribution in [3.63, 3.8) is 0 Å². The van der Waals surface area contributed by atoms with E-state index in [-0.39, 0.29) is 0 Å². The van der Waals surface area contributed by atoms with Gasteiger partial charge >= 0.3 is 0 Å². The zero-order chi connectivity index (χ0) is 12.8. The fraction of sp³-hybridized carbons (Fsp3) is 0.538. The van der Waals surface area contributed by atoms with E-state index in [1.165, 1.54) is 5.56 Å². The highest BCUT2D eigenvalue weighted by Crippen LogP contribution is 2.32. The minimum atomic E-state index is 0.584. The van der Waals surface area contributed by atoms with Crippen molar-refractivity contribution in [2.75, 3.05) is 13.7 Å². The maximum absolute atomic E-state index is 6.25. The molecule has 0 radical (unpaired) electrons. The lowest BCUT2D eigenvalue weighted by Crippen LogP contribution is -2.03. The van der Waals surface area contributed by atoms with E-state index in [9.17, 15) is 0 Å². The molecule has 2 N–H and O–H groups in total. The smallest absolute Gasteiger partial charge is 0.122 e. The molecule has 0 unspecified atom stereocenters. The molecule has 0 atom stereocenters. The molecule has 0 saturated carbocycles. The van der Waals surface area contributed by atoms with Crippen LogP contribution in [-0.2, 0) is 11.3 Å². The Balaban J connectivity index is 2.85. The zero-order valence-corrected chi connectivity index (χ0v) is 11.4. The van der Waals surface area contributed by atoms with E-state index in [2.05, 4.69) is 4.84 Å². The summed E-state index contributed by atoms with van der Waals surface area (Å²) in [6, 6.07) is 1.99. The molecule has 0 spiro atoms. The van der Waals surface area contributed by atoms with Crippen LogP contribution in [0.1, 0.15) is 29.5 Å². The van der Waals surface area contributed by atoms with Gasteiger partial charge in [-0.2, -0.15) is 0 Å². The van der Waals surface area contributed by atoms with Gasteiger partial charge in [0, 0.05) is 5.02 Å². The Hall–Kier alpha value is -0.770. The molecular formula is C13H20ClNO2. The molecule has 1 aromatic rings. The maximum atomic E-state index is 6.25. The summed E-state index contributed by atoms with van der Waals surface area (Å²) in [6.45, 7) is 4.61. The Bertz CT molecular complexity index is 380. The van der Waals surface area contributed by atoms with Gasteiger partial charge in [-0.1, -0.05) is 11.6 Å². The lowest BCUT2D eigenvalue weighted by Gasteiger charge is -2.15. The zero-order valence-electron chi connectivity index (χ0n) is 10.7. The van der Waals surface area contributed by atoms with Crippen LogP contribution in [-0.4, -0.2) is 13.7 Å². The Morgan fingerprint density at radius 2 is 2.00 bits per heavy atom. The first-order valence-electron chi connectivity index (χ1n) is 5.76. The molecule has 0 aliphatic rings. The summed E-state index contributed by atoms with van der Waals surface area (Å²) in [5.74, 6) is 5.91. The summed E-state index contributed by atoms with van der Waals surface area (Å²) in [6.07, 6.45) is 2.87. The molecule has 0 amide bonds. The molecule has 96 valence electrons. The Morgan fingerprint density at radius 1 is 1.29 bits per heavy atom. The summed E-state index contributed by atoms with van der Waals surface area (Å²) in [5.41, 5.74) is 3.34. The number of ether oxygens (including phenoxy) is 1. The highest BCUT2D eigenvalue weighted by Gasteiger charge is 2.12. The van der Waals surface area contributed by atoms with Gasteiger partial charge in [-0.3, -0.25) is 0 Å². The van der Waals surface area contributed by atoms with Gasteiger partial charge in [-0.15, -0.1) is 0 Å². The van der Waals surface area contributed by atoms with E-state index in [1.54, 1.807) is 7.11 Å². The Labute approximate surface area is 108 Å². The van der Waals surface area contributed by atoms with E-state index >= 15 is 0 Å². The average molecular weight is 258 g/mol. The van der Waals surface area contributed by atoms with E-state index in [4.69, 9.17) is 22.2 Å². The predicted molar refractivity (Wildman–Crippen MR) is 70.6 cm³/mol. The van der Waals surface area contributed by atoms with Gasteiger partial charge in [-0.25, -0.2) is 5.90 Å². The highest BCUT2D eigenvalue weighted by atomic mass is 35.5. The molecule has 3 nitrogen and oxygen atoms in total. The SMILES string of the molecule is COc1cc(C)c(Cl)c(C)c1CCCCON. The molecule has 0 heterocycles. The van der Waals surface area contributed by atoms with Crippen LogP contribution in [0.15, 0.2) is 6.07 Å². The molecule has 1 aromatic carbocycles. The number of hydrogen-bond acceptors (Lipinski definition) is 3. The molecular weight excluding hydrogens is 238 g/mol. The van der Waals surface area contributed by atoms with Gasteiger partial charge in [0.05, 0.1) is 13.7 Å². The van der Waals surface area contributed by atoms with Gasteiger partial charge in [-0.05, 0) is 55.9 Å². The summed E-state index contributed by atoms with van der Waals surface area (Å²) >= 11 is 6.25. The van der Waals surface area contributed by atoms with Crippen molar-refractivity contribution < 1.29 is 9.57 Å². The molecule has 0 aromatic heterocycles. The largest absolute Gasteiger partial charge is 0.496 e. The second-order valence-electron chi connectivity index (χ2n) is 4.14. The first-order chi connectivity index (χ1) is 8.11.